The van der Waals surface area contributed by atoms with Crippen molar-refractivity contribution in [3.63, 3.8) is 0 Å². The predicted molar refractivity (Wildman–Crippen MR) is 107 cm³/mol. The van der Waals surface area contributed by atoms with E-state index in [4.69, 9.17) is 25.5 Å². The van der Waals surface area contributed by atoms with Gasteiger partial charge in [0.2, 0.25) is 0 Å². The normalized spacial score (nSPS) is 11.3. The second-order valence-electron chi connectivity index (χ2n) is 6.02. The molecule has 28 heavy (non-hydrogen) atoms. The molecule has 0 aliphatic rings. The Kier molecular flexibility index (Phi) is 5.53. The highest BCUT2D eigenvalue weighted by molar-refractivity contribution is 7.92. The zero-order chi connectivity index (χ0) is 20.5. The second kappa shape index (κ2) is 7.73. The summed E-state index contributed by atoms with van der Waals surface area (Å²) in [5.74, 6) is 1.66. The van der Waals surface area contributed by atoms with Gasteiger partial charge in [0.25, 0.3) is 10.0 Å². The van der Waals surface area contributed by atoms with E-state index in [-0.39, 0.29) is 21.4 Å². The first-order chi connectivity index (χ1) is 13.2. The fourth-order valence-electron chi connectivity index (χ4n) is 2.66. The van der Waals surface area contributed by atoms with Gasteiger partial charge in [0.15, 0.2) is 11.7 Å². The van der Waals surface area contributed by atoms with Gasteiger partial charge < -0.3 is 13.9 Å². The lowest BCUT2D eigenvalue weighted by Crippen LogP contribution is -2.15. The molecule has 0 spiro atoms. The van der Waals surface area contributed by atoms with Gasteiger partial charge in [0, 0.05) is 24.6 Å². The van der Waals surface area contributed by atoms with Gasteiger partial charge in [-0.3, -0.25) is 4.72 Å². The highest BCUT2D eigenvalue weighted by Crippen LogP contribution is 2.38. The monoisotopic (exact) mass is 422 g/mol. The van der Waals surface area contributed by atoms with Crippen molar-refractivity contribution in [1.82, 2.24) is 4.98 Å². The minimum atomic E-state index is -3.96. The minimum absolute atomic E-state index is 0.0907. The summed E-state index contributed by atoms with van der Waals surface area (Å²) in [6.45, 7) is 3.42. The summed E-state index contributed by atoms with van der Waals surface area (Å²) in [6, 6.07) is 8.05. The van der Waals surface area contributed by atoms with Gasteiger partial charge in [0.1, 0.15) is 17.2 Å². The van der Waals surface area contributed by atoms with Crippen LogP contribution in [0.3, 0.4) is 0 Å². The summed E-state index contributed by atoms with van der Waals surface area (Å²) in [4.78, 5) is 4.14. The number of aryl methyl sites for hydroxylation is 2. The molecule has 1 N–H and O–H groups in total. The van der Waals surface area contributed by atoms with Crippen molar-refractivity contribution in [2.45, 2.75) is 18.7 Å². The van der Waals surface area contributed by atoms with Gasteiger partial charge in [-0.2, -0.15) is 0 Å². The molecule has 0 radical (unpaired) electrons. The average Bonchev–Trinajstić information content (AvgIpc) is 3.09. The summed E-state index contributed by atoms with van der Waals surface area (Å²) in [7, 11) is -1.06. The van der Waals surface area contributed by atoms with Crippen molar-refractivity contribution in [2.24, 2.45) is 0 Å². The van der Waals surface area contributed by atoms with Gasteiger partial charge in [0.05, 0.1) is 30.3 Å². The van der Waals surface area contributed by atoms with Crippen molar-refractivity contribution in [3.05, 3.63) is 53.0 Å². The first-order valence-corrected chi connectivity index (χ1v) is 10.1. The number of oxazole rings is 1. The number of halogens is 1. The molecule has 0 saturated heterocycles. The van der Waals surface area contributed by atoms with E-state index in [0.717, 1.165) is 0 Å². The molecule has 9 heteroatoms. The second-order valence-corrected chi connectivity index (χ2v) is 8.07. The van der Waals surface area contributed by atoms with E-state index in [0.29, 0.717) is 28.5 Å². The number of benzene rings is 2. The van der Waals surface area contributed by atoms with Crippen molar-refractivity contribution >= 4 is 27.3 Å². The zero-order valence-electron chi connectivity index (χ0n) is 15.7. The molecule has 7 nitrogen and oxygen atoms in total. The van der Waals surface area contributed by atoms with Crippen LogP contribution in [0.1, 0.15) is 11.5 Å². The van der Waals surface area contributed by atoms with Crippen LogP contribution in [0.4, 0.5) is 5.69 Å². The number of methoxy groups -OCH3 is 2. The standard InChI is InChI=1S/C19H19ClN2O5S/c1-11-5-6-13(17-10-21-12(2)27-17)7-18(11)28(23,24)22-19-15(20)8-14(25-3)9-16(19)26-4/h5-10,22H,1-4H3. The van der Waals surface area contributed by atoms with Crippen LogP contribution in [-0.4, -0.2) is 27.6 Å². The number of rotatable bonds is 6. The van der Waals surface area contributed by atoms with Crippen molar-refractivity contribution in [3.8, 4) is 22.8 Å². The molecule has 0 fully saturated rings. The van der Waals surface area contributed by atoms with E-state index in [1.54, 1.807) is 38.2 Å². The van der Waals surface area contributed by atoms with Gasteiger partial charge in [-0.05, 0) is 18.6 Å². The van der Waals surface area contributed by atoms with Crippen LogP contribution in [-0.2, 0) is 10.0 Å². The van der Waals surface area contributed by atoms with Gasteiger partial charge in [-0.25, -0.2) is 13.4 Å². The lowest BCUT2D eigenvalue weighted by molar-refractivity contribution is 0.395. The number of hydrogen-bond donors (Lipinski definition) is 1. The van der Waals surface area contributed by atoms with E-state index in [1.807, 2.05) is 0 Å². The smallest absolute Gasteiger partial charge is 0.262 e. The third-order valence-electron chi connectivity index (χ3n) is 4.10. The number of nitrogens with zero attached hydrogens (tertiary/aromatic N) is 1. The van der Waals surface area contributed by atoms with Crippen molar-refractivity contribution < 1.29 is 22.3 Å². The van der Waals surface area contributed by atoms with E-state index >= 15 is 0 Å². The summed E-state index contributed by atoms with van der Waals surface area (Å²) in [5, 5.41) is 0.152. The summed E-state index contributed by atoms with van der Waals surface area (Å²) in [6.07, 6.45) is 1.55. The van der Waals surface area contributed by atoms with Gasteiger partial charge in [-0.1, -0.05) is 23.7 Å². The third-order valence-corrected chi connectivity index (χ3v) is 5.89. The predicted octanol–water partition coefficient (Wildman–Crippen LogP) is 4.43. The molecule has 1 heterocycles. The van der Waals surface area contributed by atoms with Crippen molar-refractivity contribution in [2.75, 3.05) is 18.9 Å². The molecule has 148 valence electrons. The Morgan fingerprint density at radius 2 is 1.86 bits per heavy atom. The number of aromatic nitrogens is 1. The number of sulfonamides is 1. The summed E-state index contributed by atoms with van der Waals surface area (Å²) >= 11 is 6.25. The first kappa shape index (κ1) is 20.0. The fourth-order valence-corrected chi connectivity index (χ4v) is 4.33. The molecular formula is C19H19ClN2O5S. The quantitative estimate of drug-likeness (QED) is 0.631. The Hall–Kier alpha value is -2.71. The highest BCUT2D eigenvalue weighted by Gasteiger charge is 2.22. The Bertz CT molecular complexity index is 1130. The lowest BCUT2D eigenvalue weighted by Gasteiger charge is -2.16. The molecule has 0 atom stereocenters. The van der Waals surface area contributed by atoms with Crippen LogP contribution in [0.15, 0.2) is 45.8 Å². The van der Waals surface area contributed by atoms with E-state index in [1.165, 1.54) is 26.4 Å². The highest BCUT2D eigenvalue weighted by atomic mass is 35.5. The van der Waals surface area contributed by atoms with Crippen molar-refractivity contribution in [1.29, 1.82) is 0 Å². The Balaban J connectivity index is 2.05. The van der Waals surface area contributed by atoms with Gasteiger partial charge in [-0.15, -0.1) is 0 Å². The maximum atomic E-state index is 13.1. The topological polar surface area (TPSA) is 90.7 Å². The van der Waals surface area contributed by atoms with Crippen LogP contribution < -0.4 is 14.2 Å². The van der Waals surface area contributed by atoms with E-state index in [2.05, 4.69) is 9.71 Å². The number of hydrogen-bond acceptors (Lipinski definition) is 6. The molecule has 2 aromatic carbocycles. The SMILES string of the molecule is COc1cc(Cl)c(NS(=O)(=O)c2cc(-c3cnc(C)o3)ccc2C)c(OC)c1. The molecule has 3 rings (SSSR count). The van der Waals surface area contributed by atoms with Gasteiger partial charge >= 0.3 is 0 Å². The van der Waals surface area contributed by atoms with Crippen LogP contribution in [0.25, 0.3) is 11.3 Å². The molecule has 1 aromatic heterocycles. The molecular weight excluding hydrogens is 404 g/mol. The maximum Gasteiger partial charge on any atom is 0.262 e. The number of nitrogens with one attached hydrogen (secondary N) is 1. The lowest BCUT2D eigenvalue weighted by atomic mass is 10.1. The Morgan fingerprint density at radius 3 is 2.46 bits per heavy atom. The molecule has 0 amide bonds. The van der Waals surface area contributed by atoms with E-state index in [9.17, 15) is 8.42 Å². The van der Waals surface area contributed by atoms with Crippen LogP contribution in [0.5, 0.6) is 11.5 Å². The maximum absolute atomic E-state index is 13.1. The molecule has 0 unspecified atom stereocenters. The number of anilines is 1. The van der Waals surface area contributed by atoms with Crippen LogP contribution in [0, 0.1) is 13.8 Å². The first-order valence-electron chi connectivity index (χ1n) is 8.23. The fraction of sp³-hybridized carbons (Fsp3) is 0.211. The summed E-state index contributed by atoms with van der Waals surface area (Å²) in [5.41, 5.74) is 1.29. The Morgan fingerprint density at radius 1 is 1.11 bits per heavy atom. The van der Waals surface area contributed by atoms with E-state index < -0.39 is 10.0 Å². The molecule has 3 aromatic rings. The Labute approximate surface area is 168 Å². The minimum Gasteiger partial charge on any atom is -0.497 e. The average molecular weight is 423 g/mol. The largest absolute Gasteiger partial charge is 0.497 e. The van der Waals surface area contributed by atoms with Crippen LogP contribution in [0.2, 0.25) is 5.02 Å². The molecule has 0 bridgehead atoms. The molecule has 0 aliphatic carbocycles. The third kappa shape index (κ3) is 3.93. The zero-order valence-corrected chi connectivity index (χ0v) is 17.3. The van der Waals surface area contributed by atoms with Crippen LogP contribution >= 0.6 is 11.6 Å². The summed E-state index contributed by atoms with van der Waals surface area (Å²) < 4.78 is 44.6. The molecule has 0 aliphatic heterocycles. The number of ether oxygens (including phenoxy) is 2. The molecule has 0 saturated carbocycles.